The molecule has 2 amide bonds. The highest BCUT2D eigenvalue weighted by Crippen LogP contribution is 2.23. The minimum atomic E-state index is -1.19. The van der Waals surface area contributed by atoms with Gasteiger partial charge in [0.25, 0.3) is 0 Å². The second kappa shape index (κ2) is 17.4. The Kier molecular flexibility index (Phi) is 13.6. The van der Waals surface area contributed by atoms with E-state index in [0.717, 1.165) is 22.5 Å². The van der Waals surface area contributed by atoms with Crippen LogP contribution in [-0.4, -0.2) is 70.2 Å². The summed E-state index contributed by atoms with van der Waals surface area (Å²) in [5, 5.41) is 21.7. The maximum absolute atomic E-state index is 12.8. The van der Waals surface area contributed by atoms with Crippen LogP contribution in [0.3, 0.4) is 0 Å². The molecule has 0 spiro atoms. The minimum Gasteiger partial charge on any atom is -0.468 e. The smallest absolute Gasteiger partial charge is 0.322 e. The lowest BCUT2D eigenvalue weighted by atomic mass is 9.98. The monoisotopic (exact) mass is 644 g/mol. The van der Waals surface area contributed by atoms with Crippen LogP contribution in [0, 0.1) is 5.41 Å². The van der Waals surface area contributed by atoms with E-state index in [1.54, 1.807) is 72.4 Å². The Morgan fingerprint density at radius 2 is 1.44 bits per heavy atom. The highest BCUT2D eigenvalue weighted by atomic mass is 32.2. The number of amides is 2. The number of thioether (sulfide) groups is 2. The molecule has 12 nitrogen and oxygen atoms in total. The number of nitrogens with one attached hydrogen (secondary N) is 3. The van der Waals surface area contributed by atoms with Gasteiger partial charge in [-0.15, -0.1) is 10.2 Å². The summed E-state index contributed by atoms with van der Waals surface area (Å²) in [5.74, 6) is -3.49. The fraction of sp³-hybridized carbons (Fsp3) is 0.321. The third kappa shape index (κ3) is 10.5. The molecule has 1 heterocycles. The topological polar surface area (TPSA) is 186 Å². The van der Waals surface area contributed by atoms with Crippen molar-refractivity contribution in [3.63, 3.8) is 0 Å². The average molecular weight is 645 g/mol. The van der Waals surface area contributed by atoms with Gasteiger partial charge in [0, 0.05) is 6.42 Å². The van der Waals surface area contributed by atoms with Gasteiger partial charge in [0.2, 0.25) is 16.9 Å². The van der Waals surface area contributed by atoms with E-state index < -0.39 is 41.0 Å². The number of carbonyl (C=O) groups is 4. The fourth-order valence-electron chi connectivity index (χ4n) is 3.78. The Bertz CT molecular complexity index is 1390. The number of ether oxygens (including phenoxy) is 2. The minimum absolute atomic E-state index is 0.155. The van der Waals surface area contributed by atoms with Gasteiger partial charge in [0.05, 0.1) is 19.6 Å². The number of aryl methyl sites for hydroxylation is 1. The van der Waals surface area contributed by atoms with E-state index in [1.807, 2.05) is 0 Å². The predicted molar refractivity (Wildman–Crippen MR) is 168 cm³/mol. The van der Waals surface area contributed by atoms with E-state index in [0.29, 0.717) is 29.7 Å². The number of amidine groups is 1. The molecule has 3 unspecified atom stereocenters. The largest absolute Gasteiger partial charge is 0.468 e. The quantitative estimate of drug-likeness (QED) is 0.0504. The molecule has 3 aromatic rings. The molecule has 15 heteroatoms. The number of hydrogen-bond acceptors (Lipinski definition) is 13. The zero-order valence-corrected chi connectivity index (χ0v) is 25.9. The zero-order valence-electron chi connectivity index (χ0n) is 23.5. The van der Waals surface area contributed by atoms with Gasteiger partial charge in [-0.25, -0.2) is 0 Å². The van der Waals surface area contributed by atoms with Crippen LogP contribution in [0.1, 0.15) is 34.4 Å². The summed E-state index contributed by atoms with van der Waals surface area (Å²) in [6.45, 7) is 0. The third-order valence-electron chi connectivity index (χ3n) is 5.87. The summed E-state index contributed by atoms with van der Waals surface area (Å²) in [6.07, 6.45) is 1.18. The van der Waals surface area contributed by atoms with Crippen LogP contribution in [0.5, 0.6) is 0 Å². The zero-order chi connectivity index (χ0) is 31.2. The molecule has 0 fully saturated rings. The van der Waals surface area contributed by atoms with Gasteiger partial charge in [0.1, 0.15) is 5.01 Å². The van der Waals surface area contributed by atoms with Crippen molar-refractivity contribution >= 4 is 68.9 Å². The number of carbonyl (C=O) groups excluding carboxylic acids is 4. The first kappa shape index (κ1) is 33.7. The first-order chi connectivity index (χ1) is 20.7. The van der Waals surface area contributed by atoms with Crippen molar-refractivity contribution in [2.45, 2.75) is 30.1 Å². The average Bonchev–Trinajstić information content (AvgIpc) is 3.44. The van der Waals surface area contributed by atoms with Crippen LogP contribution in [0.25, 0.3) is 0 Å². The van der Waals surface area contributed by atoms with Gasteiger partial charge in [0.15, 0.2) is 17.0 Å². The Morgan fingerprint density at radius 3 is 2.00 bits per heavy atom. The number of anilines is 1. The molecular formula is C28H32N6O6S3. The Balaban J connectivity index is 1.39. The van der Waals surface area contributed by atoms with Crippen molar-refractivity contribution in [3.8, 4) is 0 Å². The molecular weight excluding hydrogens is 613 g/mol. The van der Waals surface area contributed by atoms with Crippen LogP contribution in [0.4, 0.5) is 5.13 Å². The van der Waals surface area contributed by atoms with Crippen molar-refractivity contribution < 1.29 is 28.7 Å². The van der Waals surface area contributed by atoms with Crippen molar-refractivity contribution in [1.82, 2.24) is 15.5 Å². The lowest BCUT2D eigenvalue weighted by Crippen LogP contribution is -2.38. The first-order valence-electron chi connectivity index (χ1n) is 13.0. The first-order valence-corrected chi connectivity index (χ1v) is 15.9. The maximum atomic E-state index is 12.8. The molecule has 0 aliphatic heterocycles. The number of methoxy groups -OCH3 is 2. The molecule has 2 aromatic carbocycles. The molecule has 0 saturated carbocycles. The second-order valence-electron chi connectivity index (χ2n) is 8.85. The number of nitrogens with two attached hydrogens (primary N) is 1. The number of esters is 2. The second-order valence-corrected chi connectivity index (χ2v) is 12.4. The molecule has 1 aromatic heterocycles. The van der Waals surface area contributed by atoms with Gasteiger partial charge in [-0.05, 0) is 29.1 Å². The summed E-state index contributed by atoms with van der Waals surface area (Å²) < 4.78 is 9.58. The van der Waals surface area contributed by atoms with Crippen LogP contribution < -0.4 is 16.4 Å². The van der Waals surface area contributed by atoms with E-state index >= 15 is 0 Å². The maximum Gasteiger partial charge on any atom is 0.322 e. The molecule has 3 rings (SSSR count). The molecule has 0 aliphatic rings. The Morgan fingerprint density at radius 1 is 0.884 bits per heavy atom. The summed E-state index contributed by atoms with van der Waals surface area (Å²) in [7, 11) is 2.43. The van der Waals surface area contributed by atoms with Crippen LogP contribution in [-0.2, 0) is 35.1 Å². The molecule has 43 heavy (non-hydrogen) atoms. The van der Waals surface area contributed by atoms with Crippen LogP contribution >= 0.6 is 34.9 Å². The van der Waals surface area contributed by atoms with E-state index in [-0.39, 0.29) is 10.3 Å². The van der Waals surface area contributed by atoms with E-state index in [9.17, 15) is 19.2 Å². The van der Waals surface area contributed by atoms with Gasteiger partial charge < -0.3 is 20.5 Å². The van der Waals surface area contributed by atoms with E-state index in [1.165, 1.54) is 25.6 Å². The lowest BCUT2D eigenvalue weighted by Gasteiger charge is -2.17. The molecule has 0 radical (unpaired) electrons. The van der Waals surface area contributed by atoms with E-state index in [4.69, 9.17) is 20.6 Å². The summed E-state index contributed by atoms with van der Waals surface area (Å²) in [4.78, 5) is 50.0. The van der Waals surface area contributed by atoms with Gasteiger partial charge in [-0.1, -0.05) is 83.8 Å². The Hall–Kier alpha value is -3.79. The van der Waals surface area contributed by atoms with E-state index in [2.05, 4.69) is 20.8 Å². The SMILES string of the molecule is COC(=O)C(C(=O)NC(=N)SC(N)CCSCCc1nnc(NC(=O)C(C(=O)OC)c2ccccc2)s1)c1ccccc1. The Labute approximate surface area is 261 Å². The molecule has 3 atom stereocenters. The van der Waals surface area contributed by atoms with Gasteiger partial charge in [-0.3, -0.25) is 29.9 Å². The normalized spacial score (nSPS) is 12.8. The highest BCUT2D eigenvalue weighted by molar-refractivity contribution is 8.14. The van der Waals surface area contributed by atoms with Crippen LogP contribution in [0.15, 0.2) is 60.7 Å². The number of aromatic nitrogens is 2. The lowest BCUT2D eigenvalue weighted by molar-refractivity contribution is -0.147. The molecule has 228 valence electrons. The molecule has 0 saturated heterocycles. The highest BCUT2D eigenvalue weighted by Gasteiger charge is 2.31. The molecule has 5 N–H and O–H groups in total. The number of benzene rings is 2. The number of hydrogen-bond donors (Lipinski definition) is 4. The van der Waals surface area contributed by atoms with Crippen LogP contribution in [0.2, 0.25) is 0 Å². The number of rotatable bonds is 14. The van der Waals surface area contributed by atoms with Crippen molar-refractivity contribution in [3.05, 3.63) is 76.8 Å². The van der Waals surface area contributed by atoms with Crippen molar-refractivity contribution in [2.24, 2.45) is 5.73 Å². The van der Waals surface area contributed by atoms with Gasteiger partial charge >= 0.3 is 11.9 Å². The number of nitrogens with zero attached hydrogens (tertiary/aromatic N) is 2. The standard InChI is InChI=1S/C28H32N6O6S3/c1-39-25(37)21(17-9-5-3-6-10-17)23(35)31-27(30)42-19(29)13-15-41-16-14-20-33-34-28(43-20)32-24(36)22(26(38)40-2)18-11-7-4-8-12-18/h3-12,19,21-22H,13-16,29H2,1-2H3,(H2,30,31,35)(H,32,34,36). The summed E-state index contributed by atoms with van der Waals surface area (Å²) in [6, 6.07) is 17.1. The predicted octanol–water partition coefficient (Wildman–Crippen LogP) is 3.12. The molecule has 0 bridgehead atoms. The van der Waals surface area contributed by atoms with Gasteiger partial charge in [-0.2, -0.15) is 11.8 Å². The fourth-order valence-corrected chi connectivity index (χ4v) is 6.46. The van der Waals surface area contributed by atoms with Crippen molar-refractivity contribution in [1.29, 1.82) is 5.41 Å². The van der Waals surface area contributed by atoms with Crippen molar-refractivity contribution in [2.75, 3.05) is 31.0 Å². The third-order valence-corrected chi connectivity index (χ3v) is 8.67. The molecule has 0 aliphatic carbocycles. The summed E-state index contributed by atoms with van der Waals surface area (Å²) in [5.41, 5.74) is 7.12. The summed E-state index contributed by atoms with van der Waals surface area (Å²) >= 11 is 3.86.